The number of nitrogens with zero attached hydrogens (tertiary/aromatic N) is 1. The average Bonchev–Trinajstić information content (AvgIpc) is 2.61. The van der Waals surface area contributed by atoms with Crippen molar-refractivity contribution in [2.24, 2.45) is 5.92 Å². The predicted molar refractivity (Wildman–Crippen MR) is 67.5 cm³/mol. The second-order valence-electron chi connectivity index (χ2n) is 4.09. The zero-order chi connectivity index (χ0) is 11.3. The number of hydrogen-bond donors (Lipinski definition) is 1. The molecule has 86 valence electrons. The maximum Gasteiger partial charge on any atom is 0.113 e. The lowest BCUT2D eigenvalue weighted by molar-refractivity contribution is 0.412. The molecule has 0 radical (unpaired) electrons. The number of halogens is 1. The highest BCUT2D eigenvalue weighted by atomic mass is 35.5. The van der Waals surface area contributed by atoms with E-state index in [0.717, 1.165) is 21.8 Å². The van der Waals surface area contributed by atoms with Crippen LogP contribution in [0.1, 0.15) is 38.6 Å². The Morgan fingerprint density at radius 1 is 1.53 bits per heavy atom. The second-order valence-corrected chi connectivity index (χ2v) is 5.84. The van der Waals surface area contributed by atoms with Gasteiger partial charge in [-0.3, -0.25) is 0 Å². The molecule has 0 aromatic carbocycles. The molecule has 1 aromatic heterocycles. The summed E-state index contributed by atoms with van der Waals surface area (Å²) in [5, 5.41) is 4.53. The van der Waals surface area contributed by atoms with E-state index >= 15 is 0 Å². The third-order valence-electron chi connectivity index (χ3n) is 2.58. The van der Waals surface area contributed by atoms with Crippen LogP contribution in [0, 0.1) is 5.92 Å². The molecule has 2 unspecified atom stereocenters. The van der Waals surface area contributed by atoms with E-state index in [1.165, 1.54) is 12.8 Å². The van der Waals surface area contributed by atoms with Gasteiger partial charge in [0.05, 0.1) is 6.20 Å². The molecule has 0 spiro atoms. The Morgan fingerprint density at radius 3 is 2.80 bits per heavy atom. The van der Waals surface area contributed by atoms with Crippen LogP contribution >= 0.6 is 22.9 Å². The van der Waals surface area contributed by atoms with Gasteiger partial charge in [0.2, 0.25) is 0 Å². The molecule has 0 fully saturated rings. The van der Waals surface area contributed by atoms with Gasteiger partial charge in [0.25, 0.3) is 0 Å². The van der Waals surface area contributed by atoms with E-state index < -0.39 is 0 Å². The summed E-state index contributed by atoms with van der Waals surface area (Å²) >= 11 is 7.36. The van der Waals surface area contributed by atoms with E-state index in [1.807, 2.05) is 0 Å². The normalized spacial score (nSPS) is 15.2. The summed E-state index contributed by atoms with van der Waals surface area (Å²) in [6, 6.07) is 0.544. The SMILES string of the molecule is CCC(C)CC(C)NCc1ncc(Cl)s1. The molecule has 1 rings (SSSR count). The van der Waals surface area contributed by atoms with Gasteiger partial charge < -0.3 is 5.32 Å². The van der Waals surface area contributed by atoms with Crippen LogP contribution in [-0.2, 0) is 6.54 Å². The van der Waals surface area contributed by atoms with Crippen molar-refractivity contribution >= 4 is 22.9 Å². The predicted octanol–water partition coefficient (Wildman–Crippen LogP) is 3.71. The lowest BCUT2D eigenvalue weighted by Gasteiger charge is -2.16. The number of aromatic nitrogens is 1. The van der Waals surface area contributed by atoms with Gasteiger partial charge in [-0.05, 0) is 19.3 Å². The van der Waals surface area contributed by atoms with Crippen LogP contribution in [0.25, 0.3) is 0 Å². The minimum absolute atomic E-state index is 0.544. The van der Waals surface area contributed by atoms with Gasteiger partial charge in [0.15, 0.2) is 0 Å². The summed E-state index contributed by atoms with van der Waals surface area (Å²) in [4.78, 5) is 4.21. The first kappa shape index (κ1) is 12.9. The number of nitrogens with one attached hydrogen (secondary N) is 1. The first-order valence-corrected chi connectivity index (χ1v) is 6.64. The van der Waals surface area contributed by atoms with Crippen LogP contribution in [-0.4, -0.2) is 11.0 Å². The molecule has 0 aliphatic heterocycles. The van der Waals surface area contributed by atoms with E-state index in [1.54, 1.807) is 17.5 Å². The summed E-state index contributed by atoms with van der Waals surface area (Å²) in [7, 11) is 0. The number of rotatable bonds is 6. The quantitative estimate of drug-likeness (QED) is 0.828. The molecule has 1 N–H and O–H groups in total. The van der Waals surface area contributed by atoms with Crippen molar-refractivity contribution in [3.8, 4) is 0 Å². The molecule has 2 atom stereocenters. The fourth-order valence-electron chi connectivity index (χ4n) is 1.48. The van der Waals surface area contributed by atoms with E-state index in [4.69, 9.17) is 11.6 Å². The summed E-state index contributed by atoms with van der Waals surface area (Å²) in [5.41, 5.74) is 0. The Morgan fingerprint density at radius 2 is 2.27 bits per heavy atom. The third kappa shape index (κ3) is 4.96. The molecule has 1 aromatic rings. The van der Waals surface area contributed by atoms with Crippen LogP contribution < -0.4 is 5.32 Å². The summed E-state index contributed by atoms with van der Waals surface area (Å²) in [6.45, 7) is 7.58. The van der Waals surface area contributed by atoms with Crippen LogP contribution in [0.4, 0.5) is 0 Å². The average molecular weight is 247 g/mol. The molecule has 0 aliphatic carbocycles. The van der Waals surface area contributed by atoms with Crippen molar-refractivity contribution in [3.05, 3.63) is 15.5 Å². The largest absolute Gasteiger partial charge is 0.308 e. The van der Waals surface area contributed by atoms with E-state index in [2.05, 4.69) is 31.1 Å². The van der Waals surface area contributed by atoms with Gasteiger partial charge in [-0.2, -0.15) is 0 Å². The van der Waals surface area contributed by atoms with Crippen LogP contribution in [0.3, 0.4) is 0 Å². The van der Waals surface area contributed by atoms with Gasteiger partial charge in [0.1, 0.15) is 9.34 Å². The van der Waals surface area contributed by atoms with Gasteiger partial charge >= 0.3 is 0 Å². The van der Waals surface area contributed by atoms with Crippen molar-refractivity contribution in [3.63, 3.8) is 0 Å². The Bertz CT molecular complexity index is 288. The van der Waals surface area contributed by atoms with Crippen molar-refractivity contribution < 1.29 is 0 Å². The van der Waals surface area contributed by atoms with Gasteiger partial charge in [0, 0.05) is 12.6 Å². The zero-order valence-corrected chi connectivity index (χ0v) is 11.2. The molecule has 4 heteroatoms. The first-order chi connectivity index (χ1) is 7.11. The van der Waals surface area contributed by atoms with Crippen molar-refractivity contribution in [2.45, 2.75) is 46.2 Å². The Balaban J connectivity index is 2.25. The topological polar surface area (TPSA) is 24.9 Å². The standard InChI is InChI=1S/C11H19ClN2S/c1-4-8(2)5-9(3)13-7-11-14-6-10(12)15-11/h6,8-9,13H,4-5,7H2,1-3H3. The molecule has 0 amide bonds. The summed E-state index contributed by atoms with van der Waals surface area (Å²) in [5.74, 6) is 0.785. The second kappa shape index (κ2) is 6.46. The van der Waals surface area contributed by atoms with Crippen molar-refractivity contribution in [2.75, 3.05) is 0 Å². The Kier molecular flexibility index (Phi) is 5.58. The molecule has 0 aliphatic rings. The minimum atomic E-state index is 0.544. The molecule has 1 heterocycles. The summed E-state index contributed by atoms with van der Waals surface area (Å²) < 4.78 is 0.765. The first-order valence-electron chi connectivity index (χ1n) is 5.45. The smallest absolute Gasteiger partial charge is 0.113 e. The Hall–Kier alpha value is -0.120. The van der Waals surface area contributed by atoms with E-state index in [9.17, 15) is 0 Å². The molecular weight excluding hydrogens is 228 g/mol. The molecule has 0 saturated carbocycles. The lowest BCUT2D eigenvalue weighted by atomic mass is 10.0. The van der Waals surface area contributed by atoms with Gasteiger partial charge in [-0.25, -0.2) is 4.98 Å². The molecule has 15 heavy (non-hydrogen) atoms. The Labute approximate surface area is 101 Å². The zero-order valence-electron chi connectivity index (χ0n) is 9.59. The van der Waals surface area contributed by atoms with E-state index in [0.29, 0.717) is 6.04 Å². The number of hydrogen-bond acceptors (Lipinski definition) is 3. The highest BCUT2D eigenvalue weighted by molar-refractivity contribution is 7.15. The van der Waals surface area contributed by atoms with E-state index in [-0.39, 0.29) is 0 Å². The molecule has 0 bridgehead atoms. The highest BCUT2D eigenvalue weighted by Crippen LogP contribution is 2.18. The third-order valence-corrected chi connectivity index (χ3v) is 3.69. The number of thiazole rings is 1. The minimum Gasteiger partial charge on any atom is -0.308 e. The van der Waals surface area contributed by atoms with Crippen LogP contribution in [0.15, 0.2) is 6.20 Å². The van der Waals surface area contributed by atoms with Gasteiger partial charge in [-0.1, -0.05) is 31.9 Å². The molecular formula is C11H19ClN2S. The van der Waals surface area contributed by atoms with Crippen molar-refractivity contribution in [1.82, 2.24) is 10.3 Å². The maximum atomic E-state index is 5.81. The van der Waals surface area contributed by atoms with Gasteiger partial charge in [-0.15, -0.1) is 11.3 Å². The maximum absolute atomic E-state index is 5.81. The highest BCUT2D eigenvalue weighted by Gasteiger charge is 2.07. The molecule has 2 nitrogen and oxygen atoms in total. The van der Waals surface area contributed by atoms with Crippen molar-refractivity contribution in [1.29, 1.82) is 0 Å². The lowest BCUT2D eigenvalue weighted by Crippen LogP contribution is -2.27. The van der Waals surface area contributed by atoms with Crippen LogP contribution in [0.5, 0.6) is 0 Å². The fraction of sp³-hybridized carbons (Fsp3) is 0.727. The molecule has 0 saturated heterocycles. The van der Waals surface area contributed by atoms with Crippen LogP contribution in [0.2, 0.25) is 4.34 Å². The fourth-order valence-corrected chi connectivity index (χ4v) is 2.39. The monoisotopic (exact) mass is 246 g/mol. The summed E-state index contributed by atoms with van der Waals surface area (Å²) in [6.07, 6.45) is 4.17.